The van der Waals surface area contributed by atoms with Crippen LogP contribution in [0.3, 0.4) is 0 Å². The summed E-state index contributed by atoms with van der Waals surface area (Å²) in [6.07, 6.45) is 0.896. The molecule has 0 fully saturated rings. The first-order valence-corrected chi connectivity index (χ1v) is 5.47. The maximum absolute atomic E-state index is 10.8. The molecule has 0 aliphatic carbocycles. The SMILES string of the molecule is CCN1CCC(NC(=S)C(N)=O)=C(C)C1. The lowest BCUT2D eigenvalue weighted by atomic mass is 10.1. The van der Waals surface area contributed by atoms with Gasteiger partial charge in [0.15, 0.2) is 4.99 Å². The molecule has 1 rings (SSSR count). The van der Waals surface area contributed by atoms with E-state index in [1.54, 1.807) is 0 Å². The Balaban J connectivity index is 2.63. The summed E-state index contributed by atoms with van der Waals surface area (Å²) in [5, 5.41) is 2.92. The lowest BCUT2D eigenvalue weighted by Gasteiger charge is -2.28. The van der Waals surface area contributed by atoms with Gasteiger partial charge in [0.2, 0.25) is 0 Å². The van der Waals surface area contributed by atoms with Gasteiger partial charge in [0.05, 0.1) is 0 Å². The third-order valence-corrected chi connectivity index (χ3v) is 2.89. The fourth-order valence-corrected chi connectivity index (χ4v) is 1.75. The van der Waals surface area contributed by atoms with Crippen LogP contribution in [0.25, 0.3) is 0 Å². The quantitative estimate of drug-likeness (QED) is 0.670. The number of hydrogen-bond donors (Lipinski definition) is 2. The van der Waals surface area contributed by atoms with Gasteiger partial charge in [-0.2, -0.15) is 0 Å². The van der Waals surface area contributed by atoms with Gasteiger partial charge in [-0.3, -0.25) is 9.69 Å². The number of rotatable bonds is 2. The summed E-state index contributed by atoms with van der Waals surface area (Å²) >= 11 is 4.84. The van der Waals surface area contributed by atoms with Crippen LogP contribution in [0, 0.1) is 0 Å². The molecule has 0 radical (unpaired) electrons. The summed E-state index contributed by atoms with van der Waals surface area (Å²) in [5.41, 5.74) is 7.35. The molecule has 0 aromatic carbocycles. The average Bonchev–Trinajstić information content (AvgIpc) is 2.20. The van der Waals surface area contributed by atoms with Crippen molar-refractivity contribution in [2.75, 3.05) is 19.6 Å². The fraction of sp³-hybridized carbons (Fsp3) is 0.600. The van der Waals surface area contributed by atoms with Gasteiger partial charge in [-0.25, -0.2) is 0 Å². The fourth-order valence-electron chi connectivity index (χ4n) is 1.63. The van der Waals surface area contributed by atoms with Crippen LogP contribution >= 0.6 is 12.2 Å². The minimum absolute atomic E-state index is 0.106. The molecule has 5 heteroatoms. The minimum atomic E-state index is -0.566. The minimum Gasteiger partial charge on any atom is -0.364 e. The normalized spacial score (nSPS) is 17.7. The number of nitrogens with one attached hydrogen (secondary N) is 1. The van der Waals surface area contributed by atoms with E-state index in [1.165, 1.54) is 5.57 Å². The smallest absolute Gasteiger partial charge is 0.276 e. The summed E-state index contributed by atoms with van der Waals surface area (Å²) < 4.78 is 0. The topological polar surface area (TPSA) is 58.4 Å². The zero-order chi connectivity index (χ0) is 11.4. The molecule has 15 heavy (non-hydrogen) atoms. The third-order valence-electron chi connectivity index (χ3n) is 2.59. The number of thiocarbonyl (C=S) groups is 1. The number of primary amides is 1. The second-order valence-corrected chi connectivity index (χ2v) is 4.10. The molecule has 0 unspecified atom stereocenters. The molecule has 1 aliphatic rings. The van der Waals surface area contributed by atoms with Gasteiger partial charge < -0.3 is 11.1 Å². The number of nitrogens with two attached hydrogens (primary N) is 1. The van der Waals surface area contributed by atoms with Crippen molar-refractivity contribution in [3.05, 3.63) is 11.3 Å². The van der Waals surface area contributed by atoms with Crippen molar-refractivity contribution in [3.63, 3.8) is 0 Å². The highest BCUT2D eigenvalue weighted by molar-refractivity contribution is 7.82. The van der Waals surface area contributed by atoms with E-state index in [1.807, 2.05) is 6.92 Å². The van der Waals surface area contributed by atoms with Gasteiger partial charge >= 0.3 is 0 Å². The van der Waals surface area contributed by atoms with E-state index in [2.05, 4.69) is 17.1 Å². The Morgan fingerprint density at radius 1 is 1.67 bits per heavy atom. The number of nitrogens with zero attached hydrogens (tertiary/aromatic N) is 1. The first-order chi connectivity index (χ1) is 7.04. The molecule has 0 aromatic heterocycles. The van der Waals surface area contributed by atoms with Crippen molar-refractivity contribution in [2.24, 2.45) is 5.73 Å². The van der Waals surface area contributed by atoms with Gasteiger partial charge in [0.1, 0.15) is 0 Å². The summed E-state index contributed by atoms with van der Waals surface area (Å²) in [4.78, 5) is 13.2. The average molecular weight is 227 g/mol. The molecular weight excluding hydrogens is 210 g/mol. The van der Waals surface area contributed by atoms with Crippen LogP contribution in [0.2, 0.25) is 0 Å². The molecule has 0 spiro atoms. The predicted molar refractivity (Wildman–Crippen MR) is 64.4 cm³/mol. The molecule has 1 heterocycles. The second kappa shape index (κ2) is 5.23. The molecule has 1 aliphatic heterocycles. The summed E-state index contributed by atoms with van der Waals surface area (Å²) in [7, 11) is 0. The lowest BCUT2D eigenvalue weighted by Crippen LogP contribution is -2.39. The Morgan fingerprint density at radius 2 is 2.33 bits per heavy atom. The van der Waals surface area contributed by atoms with Gasteiger partial charge in [0, 0.05) is 25.2 Å². The summed E-state index contributed by atoms with van der Waals surface area (Å²) in [6.45, 7) is 7.16. The Hall–Kier alpha value is -0.940. The monoisotopic (exact) mass is 227 g/mol. The van der Waals surface area contributed by atoms with Crippen LogP contribution in [0.5, 0.6) is 0 Å². The molecule has 0 aromatic rings. The Kier molecular flexibility index (Phi) is 4.23. The van der Waals surface area contributed by atoms with Crippen molar-refractivity contribution in [3.8, 4) is 0 Å². The van der Waals surface area contributed by atoms with Gasteiger partial charge in [-0.05, 0) is 19.0 Å². The first-order valence-electron chi connectivity index (χ1n) is 5.06. The van der Waals surface area contributed by atoms with Crippen molar-refractivity contribution in [1.29, 1.82) is 0 Å². The van der Waals surface area contributed by atoms with Crippen molar-refractivity contribution >= 4 is 23.1 Å². The number of likely N-dealkylation sites (N-methyl/N-ethyl adjacent to an activating group) is 1. The molecule has 0 saturated heterocycles. The molecule has 4 nitrogen and oxygen atoms in total. The van der Waals surface area contributed by atoms with Crippen LogP contribution in [0.4, 0.5) is 0 Å². The van der Waals surface area contributed by atoms with Crippen LogP contribution in [0.15, 0.2) is 11.3 Å². The van der Waals surface area contributed by atoms with Gasteiger partial charge in [-0.1, -0.05) is 19.1 Å². The highest BCUT2D eigenvalue weighted by atomic mass is 32.1. The van der Waals surface area contributed by atoms with E-state index in [-0.39, 0.29) is 4.99 Å². The second-order valence-electron chi connectivity index (χ2n) is 3.70. The zero-order valence-corrected chi connectivity index (χ0v) is 9.99. The van der Waals surface area contributed by atoms with E-state index < -0.39 is 5.91 Å². The molecule has 3 N–H and O–H groups in total. The summed E-state index contributed by atoms with van der Waals surface area (Å²) in [5.74, 6) is -0.566. The van der Waals surface area contributed by atoms with Crippen molar-refractivity contribution < 1.29 is 4.79 Å². The van der Waals surface area contributed by atoms with Crippen molar-refractivity contribution in [1.82, 2.24) is 10.2 Å². The third kappa shape index (κ3) is 3.28. The van der Waals surface area contributed by atoms with Crippen LogP contribution in [0.1, 0.15) is 20.3 Å². The standard InChI is InChI=1S/C10H17N3OS/c1-3-13-5-4-8(7(2)6-13)12-10(15)9(11)14/h3-6H2,1-2H3,(H2,11,14)(H,12,15). The Bertz CT molecular complexity index is 312. The Morgan fingerprint density at radius 3 is 2.80 bits per heavy atom. The largest absolute Gasteiger partial charge is 0.364 e. The lowest BCUT2D eigenvalue weighted by molar-refractivity contribution is -0.112. The van der Waals surface area contributed by atoms with E-state index in [0.717, 1.165) is 31.8 Å². The number of amides is 1. The molecule has 84 valence electrons. The Labute approximate surface area is 95.5 Å². The van der Waals surface area contributed by atoms with Crippen LogP contribution < -0.4 is 11.1 Å². The van der Waals surface area contributed by atoms with E-state index in [4.69, 9.17) is 18.0 Å². The molecule has 0 atom stereocenters. The highest BCUT2D eigenvalue weighted by Crippen LogP contribution is 2.14. The van der Waals surface area contributed by atoms with Crippen molar-refractivity contribution in [2.45, 2.75) is 20.3 Å². The molecular formula is C10H17N3OS. The van der Waals surface area contributed by atoms with Gasteiger partial charge in [-0.15, -0.1) is 0 Å². The number of carbonyl (C=O) groups excluding carboxylic acids is 1. The molecule has 0 saturated carbocycles. The van der Waals surface area contributed by atoms with E-state index in [9.17, 15) is 4.79 Å². The van der Waals surface area contributed by atoms with Gasteiger partial charge in [0.25, 0.3) is 5.91 Å². The van der Waals surface area contributed by atoms with Crippen LogP contribution in [-0.2, 0) is 4.79 Å². The number of hydrogen-bond acceptors (Lipinski definition) is 3. The van der Waals surface area contributed by atoms with Crippen LogP contribution in [-0.4, -0.2) is 35.4 Å². The zero-order valence-electron chi connectivity index (χ0n) is 9.17. The maximum Gasteiger partial charge on any atom is 0.276 e. The molecule has 0 bridgehead atoms. The predicted octanol–water partition coefficient (Wildman–Crippen LogP) is 0.388. The summed E-state index contributed by atoms with van der Waals surface area (Å²) in [6, 6.07) is 0. The first kappa shape index (κ1) is 12.1. The van der Waals surface area contributed by atoms with E-state index in [0.29, 0.717) is 0 Å². The maximum atomic E-state index is 10.8. The highest BCUT2D eigenvalue weighted by Gasteiger charge is 2.16. The van der Waals surface area contributed by atoms with E-state index >= 15 is 0 Å². The molecule has 1 amide bonds. The number of carbonyl (C=O) groups is 1.